The van der Waals surface area contributed by atoms with Crippen molar-refractivity contribution in [3.63, 3.8) is 0 Å². The summed E-state index contributed by atoms with van der Waals surface area (Å²) in [4.78, 5) is 22.9. The third-order valence-electron chi connectivity index (χ3n) is 10.2. The molecule has 1 amide bonds. The Morgan fingerprint density at radius 1 is 0.949 bits per heavy atom. The van der Waals surface area contributed by atoms with Gasteiger partial charge in [0.2, 0.25) is 11.8 Å². The van der Waals surface area contributed by atoms with Crippen LogP contribution in [-0.2, 0) is 23.1 Å². The molecule has 2 bridgehead atoms. The zero-order chi connectivity index (χ0) is 26.5. The Morgan fingerprint density at radius 2 is 1.72 bits per heavy atom. The topological polar surface area (TPSA) is 107 Å². The number of aromatic nitrogens is 4. The minimum Gasteiger partial charge on any atom is -0.339 e. The molecule has 8 nitrogen and oxygen atoms in total. The van der Waals surface area contributed by atoms with Crippen LogP contribution in [0.4, 0.5) is 5.69 Å². The molecule has 0 spiro atoms. The van der Waals surface area contributed by atoms with E-state index in [-0.39, 0.29) is 22.7 Å². The van der Waals surface area contributed by atoms with Gasteiger partial charge in [-0.25, -0.2) is 0 Å². The van der Waals surface area contributed by atoms with E-state index in [9.17, 15) is 4.79 Å². The highest BCUT2D eigenvalue weighted by molar-refractivity contribution is 5.94. The number of hydrogen-bond acceptors (Lipinski definition) is 7. The van der Waals surface area contributed by atoms with E-state index in [0.717, 1.165) is 106 Å². The summed E-state index contributed by atoms with van der Waals surface area (Å²) in [6, 6.07) is 6.13. The molecule has 0 radical (unpaired) electrons. The average molecular weight is 530 g/mol. The fourth-order valence-electron chi connectivity index (χ4n) is 7.38. The Kier molecular flexibility index (Phi) is 6.31. The van der Waals surface area contributed by atoms with Crippen LogP contribution in [0.5, 0.6) is 0 Å². The van der Waals surface area contributed by atoms with Crippen LogP contribution in [0.15, 0.2) is 27.2 Å². The van der Waals surface area contributed by atoms with Crippen LogP contribution < -0.4 is 5.32 Å². The van der Waals surface area contributed by atoms with Gasteiger partial charge in [0.1, 0.15) is 0 Å². The summed E-state index contributed by atoms with van der Waals surface area (Å²) in [6.45, 7) is 2.03. The van der Waals surface area contributed by atoms with Crippen molar-refractivity contribution < 1.29 is 13.8 Å². The SMILES string of the molecule is CCc1noc(-c2cccc(NC(=O)C3CCCCC3)c2CC23CCC(c4nc(C5CC5)no4)(CC2)CC3)n1. The second-order valence-electron chi connectivity index (χ2n) is 12.7. The molecular formula is C31H39N5O3. The number of nitrogens with one attached hydrogen (secondary N) is 1. The smallest absolute Gasteiger partial charge is 0.258 e. The lowest BCUT2D eigenvalue weighted by molar-refractivity contribution is -0.120. The second kappa shape index (κ2) is 9.86. The molecule has 0 unspecified atom stereocenters. The number of carbonyl (C=O) groups is 1. The summed E-state index contributed by atoms with van der Waals surface area (Å²) in [5.74, 6) is 3.81. The fourth-order valence-corrected chi connectivity index (χ4v) is 7.38. The molecule has 5 saturated carbocycles. The van der Waals surface area contributed by atoms with Gasteiger partial charge in [-0.3, -0.25) is 4.79 Å². The Balaban J connectivity index is 1.16. The third-order valence-corrected chi connectivity index (χ3v) is 10.2. The summed E-state index contributed by atoms with van der Waals surface area (Å²) >= 11 is 0. The molecule has 5 fully saturated rings. The number of rotatable bonds is 8. The molecule has 0 atom stereocenters. The molecule has 0 aliphatic heterocycles. The largest absolute Gasteiger partial charge is 0.339 e. The van der Waals surface area contributed by atoms with E-state index in [0.29, 0.717) is 17.6 Å². The van der Waals surface area contributed by atoms with Crippen molar-refractivity contribution in [2.45, 2.75) is 115 Å². The lowest BCUT2D eigenvalue weighted by Crippen LogP contribution is -2.45. The number of aryl methyl sites for hydroxylation is 1. The Labute approximate surface area is 229 Å². The van der Waals surface area contributed by atoms with E-state index >= 15 is 0 Å². The number of benzene rings is 1. The minimum atomic E-state index is 0.0297. The van der Waals surface area contributed by atoms with E-state index in [2.05, 4.69) is 32.7 Å². The van der Waals surface area contributed by atoms with Crippen LogP contribution >= 0.6 is 0 Å². The molecule has 206 valence electrons. The monoisotopic (exact) mass is 529 g/mol. The maximum Gasteiger partial charge on any atom is 0.258 e. The predicted molar refractivity (Wildman–Crippen MR) is 146 cm³/mol. The highest BCUT2D eigenvalue weighted by Crippen LogP contribution is 2.59. The minimum absolute atomic E-state index is 0.0297. The zero-order valence-electron chi connectivity index (χ0n) is 23.0. The maximum atomic E-state index is 13.3. The van der Waals surface area contributed by atoms with Crippen molar-refractivity contribution in [2.75, 3.05) is 5.32 Å². The first-order valence-corrected chi connectivity index (χ1v) is 15.2. The summed E-state index contributed by atoms with van der Waals surface area (Å²) in [5.41, 5.74) is 3.20. The molecule has 1 aromatic carbocycles. The molecular weight excluding hydrogens is 490 g/mol. The van der Waals surface area contributed by atoms with Crippen molar-refractivity contribution in [3.05, 3.63) is 41.3 Å². The van der Waals surface area contributed by atoms with Crippen molar-refractivity contribution >= 4 is 11.6 Å². The van der Waals surface area contributed by atoms with Crippen molar-refractivity contribution in [1.82, 2.24) is 20.3 Å². The van der Waals surface area contributed by atoms with Gasteiger partial charge in [-0.05, 0) is 93.7 Å². The van der Waals surface area contributed by atoms with Gasteiger partial charge >= 0.3 is 0 Å². The van der Waals surface area contributed by atoms with Gasteiger partial charge in [0.05, 0.1) is 0 Å². The first-order chi connectivity index (χ1) is 19.1. The first-order valence-electron chi connectivity index (χ1n) is 15.2. The zero-order valence-corrected chi connectivity index (χ0v) is 23.0. The van der Waals surface area contributed by atoms with E-state index in [1.807, 2.05) is 13.0 Å². The van der Waals surface area contributed by atoms with Gasteiger partial charge in [-0.1, -0.05) is 42.6 Å². The van der Waals surface area contributed by atoms with Gasteiger partial charge in [0, 0.05) is 34.9 Å². The van der Waals surface area contributed by atoms with Gasteiger partial charge in [-0.2, -0.15) is 9.97 Å². The standard InChI is InChI=1S/C31H39N5O3/c1-2-25-33-28(38-35-25)22-9-6-10-24(32-27(37)21-7-4-3-5-8-21)23(22)19-30-13-16-31(17-14-30,18-15-30)29-34-26(36-39-29)20-11-12-20/h6,9-10,20-21H,2-5,7-8,11-19H2,1H3,(H,32,37). The Morgan fingerprint density at radius 3 is 2.41 bits per heavy atom. The van der Waals surface area contributed by atoms with Crippen LogP contribution in [0.3, 0.4) is 0 Å². The molecule has 1 N–H and O–H groups in total. The Bertz CT molecular complexity index is 1330. The highest BCUT2D eigenvalue weighted by atomic mass is 16.5. The molecule has 5 aliphatic carbocycles. The predicted octanol–water partition coefficient (Wildman–Crippen LogP) is 6.91. The normalized spacial score (nSPS) is 27.1. The maximum absolute atomic E-state index is 13.3. The molecule has 3 aromatic rings. The van der Waals surface area contributed by atoms with E-state index in [1.165, 1.54) is 19.3 Å². The van der Waals surface area contributed by atoms with Gasteiger partial charge in [-0.15, -0.1) is 0 Å². The lowest BCUT2D eigenvalue weighted by atomic mass is 9.52. The van der Waals surface area contributed by atoms with Crippen molar-refractivity contribution in [2.24, 2.45) is 11.3 Å². The molecule has 39 heavy (non-hydrogen) atoms. The fraction of sp³-hybridized carbons (Fsp3) is 0.645. The summed E-state index contributed by atoms with van der Waals surface area (Å²) in [7, 11) is 0. The van der Waals surface area contributed by atoms with E-state index in [4.69, 9.17) is 14.0 Å². The van der Waals surface area contributed by atoms with Crippen LogP contribution in [0, 0.1) is 11.3 Å². The third kappa shape index (κ3) is 4.70. The summed E-state index contributed by atoms with van der Waals surface area (Å²) in [6.07, 6.45) is 16.0. The van der Waals surface area contributed by atoms with Crippen LogP contribution in [0.2, 0.25) is 0 Å². The lowest BCUT2D eigenvalue weighted by Gasteiger charge is -2.52. The van der Waals surface area contributed by atoms with E-state index in [1.54, 1.807) is 0 Å². The molecule has 5 aliphatic rings. The van der Waals surface area contributed by atoms with Crippen LogP contribution in [0.25, 0.3) is 11.5 Å². The van der Waals surface area contributed by atoms with Gasteiger partial charge < -0.3 is 14.4 Å². The number of anilines is 1. The van der Waals surface area contributed by atoms with Gasteiger partial charge in [0.25, 0.3) is 5.89 Å². The molecule has 2 heterocycles. The summed E-state index contributed by atoms with van der Waals surface area (Å²) < 4.78 is 11.6. The summed E-state index contributed by atoms with van der Waals surface area (Å²) in [5, 5.41) is 11.8. The number of fused-ring (bicyclic) bond motifs is 3. The first kappa shape index (κ1) is 25.0. The number of carbonyl (C=O) groups excluding carboxylic acids is 1. The molecule has 8 heteroatoms. The van der Waals surface area contributed by atoms with E-state index < -0.39 is 0 Å². The molecule has 2 aromatic heterocycles. The number of amides is 1. The Hall–Kier alpha value is -3.03. The second-order valence-corrected chi connectivity index (χ2v) is 12.7. The highest BCUT2D eigenvalue weighted by Gasteiger charge is 2.52. The number of hydrogen-bond donors (Lipinski definition) is 1. The van der Waals surface area contributed by atoms with Crippen molar-refractivity contribution in [1.29, 1.82) is 0 Å². The van der Waals surface area contributed by atoms with Gasteiger partial charge in [0.15, 0.2) is 11.6 Å². The average Bonchev–Trinajstić information content (AvgIpc) is 3.50. The molecule has 8 rings (SSSR count). The molecule has 0 saturated heterocycles. The van der Waals surface area contributed by atoms with Crippen LogP contribution in [0.1, 0.15) is 119 Å². The number of nitrogens with zero attached hydrogens (tertiary/aromatic N) is 4. The van der Waals surface area contributed by atoms with Crippen LogP contribution in [-0.4, -0.2) is 26.2 Å². The van der Waals surface area contributed by atoms with Crippen molar-refractivity contribution in [3.8, 4) is 11.5 Å². The quantitative estimate of drug-likeness (QED) is 0.338.